The van der Waals surface area contributed by atoms with Gasteiger partial charge < -0.3 is 9.73 Å². The number of benzene rings is 1. The largest absolute Gasteiger partial charge is 0.423 e. The van der Waals surface area contributed by atoms with E-state index < -0.39 is 5.63 Å². The molecule has 0 fully saturated rings. The van der Waals surface area contributed by atoms with Gasteiger partial charge in [-0.15, -0.1) is 0 Å². The van der Waals surface area contributed by atoms with Crippen LogP contribution in [0.5, 0.6) is 0 Å². The van der Waals surface area contributed by atoms with E-state index >= 15 is 0 Å². The van der Waals surface area contributed by atoms with Crippen molar-refractivity contribution in [1.29, 1.82) is 0 Å². The molecule has 118 valence electrons. The van der Waals surface area contributed by atoms with Crippen LogP contribution in [0.4, 0.5) is 5.69 Å². The van der Waals surface area contributed by atoms with Crippen LogP contribution in [-0.2, 0) is 18.3 Å². The Hall–Kier alpha value is -2.89. The van der Waals surface area contributed by atoms with E-state index in [1.165, 1.54) is 6.07 Å². The third-order valence-corrected chi connectivity index (χ3v) is 3.63. The lowest BCUT2D eigenvalue weighted by Gasteiger charge is -2.06. The van der Waals surface area contributed by atoms with Gasteiger partial charge in [0.1, 0.15) is 5.58 Å². The molecule has 0 unspecified atom stereocenters. The van der Waals surface area contributed by atoms with Gasteiger partial charge in [-0.05, 0) is 36.6 Å². The molecule has 1 amide bonds. The molecule has 0 bridgehead atoms. The molecule has 0 aliphatic carbocycles. The average Bonchev–Trinajstić information content (AvgIpc) is 2.90. The van der Waals surface area contributed by atoms with Crippen molar-refractivity contribution < 1.29 is 9.21 Å². The zero-order valence-electron chi connectivity index (χ0n) is 13.0. The fraction of sp³-hybridized carbons (Fsp3) is 0.235. The first-order valence-corrected chi connectivity index (χ1v) is 7.33. The van der Waals surface area contributed by atoms with Gasteiger partial charge in [-0.25, -0.2) is 4.79 Å². The first-order chi connectivity index (χ1) is 11.0. The summed E-state index contributed by atoms with van der Waals surface area (Å²) in [6.45, 7) is 1.85. The highest BCUT2D eigenvalue weighted by molar-refractivity contribution is 5.93. The molecule has 0 saturated heterocycles. The van der Waals surface area contributed by atoms with Crippen molar-refractivity contribution >= 4 is 22.6 Å². The second-order valence-corrected chi connectivity index (χ2v) is 5.53. The molecule has 0 atom stereocenters. The van der Waals surface area contributed by atoms with Crippen molar-refractivity contribution in [1.82, 2.24) is 9.78 Å². The van der Waals surface area contributed by atoms with Crippen molar-refractivity contribution in [3.63, 3.8) is 0 Å². The van der Waals surface area contributed by atoms with Gasteiger partial charge in [0.25, 0.3) is 0 Å². The molecule has 6 heteroatoms. The van der Waals surface area contributed by atoms with Crippen molar-refractivity contribution in [3.05, 3.63) is 58.2 Å². The van der Waals surface area contributed by atoms with Crippen LogP contribution in [0, 0.1) is 6.92 Å². The van der Waals surface area contributed by atoms with E-state index in [-0.39, 0.29) is 5.91 Å². The summed E-state index contributed by atoms with van der Waals surface area (Å²) < 4.78 is 6.89. The number of amides is 1. The van der Waals surface area contributed by atoms with Gasteiger partial charge >= 0.3 is 5.63 Å². The maximum absolute atomic E-state index is 12.0. The van der Waals surface area contributed by atoms with Crippen LogP contribution in [0.1, 0.15) is 17.5 Å². The van der Waals surface area contributed by atoms with Crippen molar-refractivity contribution in [2.45, 2.75) is 19.8 Å². The van der Waals surface area contributed by atoms with E-state index in [1.807, 2.05) is 26.2 Å². The first kappa shape index (κ1) is 15.0. The first-order valence-electron chi connectivity index (χ1n) is 7.33. The molecule has 1 N–H and O–H groups in total. The molecule has 2 heterocycles. The smallest absolute Gasteiger partial charge is 0.336 e. The molecule has 3 aromatic rings. The minimum Gasteiger partial charge on any atom is -0.423 e. The normalized spacial score (nSPS) is 10.9. The number of fused-ring (bicyclic) bond motifs is 1. The third-order valence-electron chi connectivity index (χ3n) is 3.63. The number of hydrogen-bond donors (Lipinski definition) is 1. The Balaban J connectivity index is 1.70. The molecule has 23 heavy (non-hydrogen) atoms. The number of rotatable bonds is 4. The topological polar surface area (TPSA) is 77.1 Å². The molecule has 2 aromatic heterocycles. The highest BCUT2D eigenvalue weighted by atomic mass is 16.4. The van der Waals surface area contributed by atoms with Crippen LogP contribution < -0.4 is 10.9 Å². The SMILES string of the molecule is Cc1cc(=O)oc2cc(NC(=O)CCc3cnn(C)c3)ccc12. The Morgan fingerprint density at radius 1 is 1.35 bits per heavy atom. The number of hydrogen-bond acceptors (Lipinski definition) is 4. The standard InChI is InChI=1S/C17H17N3O3/c1-11-7-17(22)23-15-8-13(4-5-14(11)15)19-16(21)6-3-12-9-18-20(2)10-12/h4-5,7-10H,3,6H2,1-2H3,(H,19,21). The second kappa shape index (κ2) is 6.08. The monoisotopic (exact) mass is 311 g/mol. The van der Waals surface area contributed by atoms with Gasteiger partial charge in [-0.2, -0.15) is 5.10 Å². The number of anilines is 1. The highest BCUT2D eigenvalue weighted by Crippen LogP contribution is 2.20. The summed E-state index contributed by atoms with van der Waals surface area (Å²) in [6, 6.07) is 6.77. The molecule has 0 aliphatic rings. The number of nitrogens with one attached hydrogen (secondary N) is 1. The van der Waals surface area contributed by atoms with Crippen LogP contribution >= 0.6 is 0 Å². The molecule has 0 radical (unpaired) electrons. The lowest BCUT2D eigenvalue weighted by atomic mass is 10.1. The quantitative estimate of drug-likeness (QED) is 0.751. The molecule has 3 rings (SSSR count). The van der Waals surface area contributed by atoms with Gasteiger partial charge in [0.2, 0.25) is 5.91 Å². The Bertz CT molecular complexity index is 924. The predicted molar refractivity (Wildman–Crippen MR) is 87.4 cm³/mol. The maximum atomic E-state index is 12.0. The fourth-order valence-corrected chi connectivity index (χ4v) is 2.49. The summed E-state index contributed by atoms with van der Waals surface area (Å²) in [7, 11) is 1.84. The summed E-state index contributed by atoms with van der Waals surface area (Å²) in [4.78, 5) is 23.5. The minimum atomic E-state index is -0.393. The van der Waals surface area contributed by atoms with Gasteiger partial charge in [0.15, 0.2) is 0 Å². The Labute approximate surface area is 132 Å². The zero-order valence-corrected chi connectivity index (χ0v) is 13.0. The second-order valence-electron chi connectivity index (χ2n) is 5.53. The van der Waals surface area contributed by atoms with Gasteiger partial charge in [0.05, 0.1) is 6.20 Å². The molecule has 0 saturated carbocycles. The summed E-state index contributed by atoms with van der Waals surface area (Å²) in [5.41, 5.74) is 2.56. The Kier molecular flexibility index (Phi) is 3.97. The lowest BCUT2D eigenvalue weighted by molar-refractivity contribution is -0.116. The van der Waals surface area contributed by atoms with E-state index in [1.54, 1.807) is 23.0 Å². The number of carbonyl (C=O) groups excluding carboxylic acids is 1. The Morgan fingerprint density at radius 2 is 2.17 bits per heavy atom. The maximum Gasteiger partial charge on any atom is 0.336 e. The Morgan fingerprint density at radius 3 is 2.91 bits per heavy atom. The molecular weight excluding hydrogens is 294 g/mol. The molecule has 6 nitrogen and oxygen atoms in total. The summed E-state index contributed by atoms with van der Waals surface area (Å²) in [6.07, 6.45) is 4.63. The summed E-state index contributed by atoms with van der Waals surface area (Å²) in [5.74, 6) is -0.0943. The van der Waals surface area contributed by atoms with Gasteiger partial charge in [-0.1, -0.05) is 0 Å². The molecule has 1 aromatic carbocycles. The lowest BCUT2D eigenvalue weighted by Crippen LogP contribution is -2.12. The molecule has 0 spiro atoms. The van der Waals surface area contributed by atoms with Crippen LogP contribution in [0.2, 0.25) is 0 Å². The summed E-state index contributed by atoms with van der Waals surface area (Å²) in [5, 5.41) is 7.75. The average molecular weight is 311 g/mol. The number of carbonyl (C=O) groups is 1. The van der Waals surface area contributed by atoms with Crippen molar-refractivity contribution in [3.8, 4) is 0 Å². The van der Waals surface area contributed by atoms with Crippen molar-refractivity contribution in [2.75, 3.05) is 5.32 Å². The van der Waals surface area contributed by atoms with Crippen LogP contribution in [0.3, 0.4) is 0 Å². The highest BCUT2D eigenvalue weighted by Gasteiger charge is 2.07. The summed E-state index contributed by atoms with van der Waals surface area (Å²) >= 11 is 0. The van der Waals surface area contributed by atoms with E-state index in [2.05, 4.69) is 10.4 Å². The fourth-order valence-electron chi connectivity index (χ4n) is 2.49. The van der Waals surface area contributed by atoms with Crippen molar-refractivity contribution in [2.24, 2.45) is 7.05 Å². The van der Waals surface area contributed by atoms with Crippen LogP contribution in [0.15, 0.2) is 45.9 Å². The van der Waals surface area contributed by atoms with Gasteiger partial charge in [-0.3, -0.25) is 9.48 Å². The van der Waals surface area contributed by atoms with E-state index in [0.717, 1.165) is 16.5 Å². The molecule has 0 aliphatic heterocycles. The minimum absolute atomic E-state index is 0.0943. The van der Waals surface area contributed by atoms with E-state index in [0.29, 0.717) is 24.1 Å². The van der Waals surface area contributed by atoms with Crippen LogP contribution in [0.25, 0.3) is 11.0 Å². The number of aryl methyl sites for hydroxylation is 3. The predicted octanol–water partition coefficient (Wildman–Crippen LogP) is 2.41. The van der Waals surface area contributed by atoms with E-state index in [9.17, 15) is 9.59 Å². The zero-order chi connectivity index (χ0) is 16.4. The number of nitrogens with zero attached hydrogens (tertiary/aromatic N) is 2. The van der Waals surface area contributed by atoms with Crippen LogP contribution in [-0.4, -0.2) is 15.7 Å². The third kappa shape index (κ3) is 3.48. The number of aromatic nitrogens is 2. The molecular formula is C17H17N3O3. The van der Waals surface area contributed by atoms with E-state index in [4.69, 9.17) is 4.42 Å². The van der Waals surface area contributed by atoms with Gasteiger partial charge in [0, 0.05) is 42.9 Å².